The maximum Gasteiger partial charge on any atom is 0.168 e. The summed E-state index contributed by atoms with van der Waals surface area (Å²) in [4.78, 5) is 24.5. The second kappa shape index (κ2) is 5.75. The number of hydrogen-bond acceptors (Lipinski definition) is 6. The van der Waals surface area contributed by atoms with Crippen LogP contribution in [-0.4, -0.2) is 43.1 Å². The van der Waals surface area contributed by atoms with Crippen molar-refractivity contribution in [1.29, 1.82) is 0 Å². The highest BCUT2D eigenvalue weighted by Gasteiger charge is 2.18. The molecule has 0 radical (unpaired) electrons. The quantitative estimate of drug-likeness (QED) is 0.540. The Hall–Kier alpha value is -3.52. The average molecular weight is 359 g/mol. The van der Waals surface area contributed by atoms with E-state index < -0.39 is 0 Å². The summed E-state index contributed by atoms with van der Waals surface area (Å²) in [6.45, 7) is 3.74. The number of carbonyl (C=O) groups is 1. The topological polar surface area (TPSA) is 103 Å². The van der Waals surface area contributed by atoms with Crippen molar-refractivity contribution in [2.45, 2.75) is 6.92 Å². The minimum absolute atomic E-state index is 0.427. The number of pyridine rings is 1. The van der Waals surface area contributed by atoms with Crippen molar-refractivity contribution >= 4 is 29.3 Å². The maximum atomic E-state index is 11.1. The van der Waals surface area contributed by atoms with Crippen molar-refractivity contribution in [3.8, 4) is 11.3 Å². The smallest absolute Gasteiger partial charge is 0.168 e. The minimum Gasteiger partial charge on any atom is -0.382 e. The molecular formula is C19H17N7O. The summed E-state index contributed by atoms with van der Waals surface area (Å²) in [5.41, 5.74) is 12.1. The highest BCUT2D eigenvalue weighted by molar-refractivity contribution is 5.87. The van der Waals surface area contributed by atoms with Crippen molar-refractivity contribution in [3.05, 3.63) is 53.5 Å². The number of aryl methyl sites for hydroxylation is 1. The number of fused-ring (bicyclic) bond motifs is 2. The molecule has 5 rings (SSSR count). The average Bonchev–Trinajstić information content (AvgIpc) is 3.21. The standard InChI is InChI=1S/C19H17N7O/c1-11-24-17(13-2-3-25-15(10-27)9-22-16(25)5-13)18-19(20)23-8-14(26(11)18)4-12-6-21-7-12/h2-5,8-10,21H,6-7H2,1H3,(H2,20,23). The SMILES string of the molecule is Cc1nc(-c2ccn3c(C=O)cnc3c2)c2c(N)ncc(C=C3CNC3)n12. The maximum absolute atomic E-state index is 11.1. The molecule has 4 aromatic heterocycles. The van der Waals surface area contributed by atoms with Gasteiger partial charge < -0.3 is 11.1 Å². The molecule has 0 aliphatic carbocycles. The first-order valence-electron chi connectivity index (χ1n) is 8.62. The molecule has 0 unspecified atom stereocenters. The van der Waals surface area contributed by atoms with Crippen LogP contribution in [0.2, 0.25) is 0 Å². The summed E-state index contributed by atoms with van der Waals surface area (Å²) in [5, 5.41) is 3.24. The predicted octanol–water partition coefficient (Wildman–Crippen LogP) is 1.73. The van der Waals surface area contributed by atoms with Crippen molar-refractivity contribution in [1.82, 2.24) is 29.1 Å². The molecule has 0 aromatic carbocycles. The van der Waals surface area contributed by atoms with E-state index in [4.69, 9.17) is 10.7 Å². The van der Waals surface area contributed by atoms with E-state index in [-0.39, 0.29) is 0 Å². The van der Waals surface area contributed by atoms with Gasteiger partial charge in [-0.3, -0.25) is 13.6 Å². The summed E-state index contributed by atoms with van der Waals surface area (Å²) in [5.74, 6) is 1.27. The lowest BCUT2D eigenvalue weighted by Crippen LogP contribution is -2.33. The monoisotopic (exact) mass is 359 g/mol. The van der Waals surface area contributed by atoms with Gasteiger partial charge in [0.15, 0.2) is 6.29 Å². The van der Waals surface area contributed by atoms with E-state index in [2.05, 4.69) is 21.4 Å². The third-order valence-electron chi connectivity index (χ3n) is 4.87. The molecular weight excluding hydrogens is 342 g/mol. The Balaban J connectivity index is 1.74. The molecule has 1 fully saturated rings. The van der Waals surface area contributed by atoms with Gasteiger partial charge in [-0.1, -0.05) is 0 Å². The molecule has 0 saturated carbocycles. The Morgan fingerprint density at radius 3 is 2.78 bits per heavy atom. The van der Waals surface area contributed by atoms with Crippen LogP contribution >= 0.6 is 0 Å². The normalized spacial score (nSPS) is 13.9. The fraction of sp³-hybridized carbons (Fsp3) is 0.158. The Kier molecular flexibility index (Phi) is 3.34. The number of aromatic nitrogens is 5. The van der Waals surface area contributed by atoms with E-state index in [0.29, 0.717) is 17.2 Å². The van der Waals surface area contributed by atoms with Gasteiger partial charge in [-0.15, -0.1) is 0 Å². The summed E-state index contributed by atoms with van der Waals surface area (Å²) in [7, 11) is 0. The molecule has 0 bridgehead atoms. The third-order valence-corrected chi connectivity index (χ3v) is 4.87. The molecule has 0 amide bonds. The lowest BCUT2D eigenvalue weighted by Gasteiger charge is -2.18. The van der Waals surface area contributed by atoms with Crippen LogP contribution in [0.3, 0.4) is 0 Å². The summed E-state index contributed by atoms with van der Waals surface area (Å²) >= 11 is 0. The molecule has 1 saturated heterocycles. The fourth-order valence-electron chi connectivity index (χ4n) is 3.46. The van der Waals surface area contributed by atoms with Crippen molar-refractivity contribution < 1.29 is 4.79 Å². The van der Waals surface area contributed by atoms with Crippen molar-refractivity contribution in [2.75, 3.05) is 18.8 Å². The summed E-state index contributed by atoms with van der Waals surface area (Å²) in [6, 6.07) is 3.80. The van der Waals surface area contributed by atoms with Gasteiger partial charge in [0.25, 0.3) is 0 Å². The molecule has 0 atom stereocenters. The van der Waals surface area contributed by atoms with Crippen molar-refractivity contribution in [2.24, 2.45) is 0 Å². The van der Waals surface area contributed by atoms with E-state index in [1.54, 1.807) is 16.8 Å². The molecule has 27 heavy (non-hydrogen) atoms. The number of nitrogens with zero attached hydrogens (tertiary/aromatic N) is 5. The Morgan fingerprint density at radius 2 is 2.04 bits per heavy atom. The van der Waals surface area contributed by atoms with E-state index in [9.17, 15) is 4.79 Å². The van der Waals surface area contributed by atoms with Gasteiger partial charge in [0.05, 0.1) is 18.1 Å². The minimum atomic E-state index is 0.427. The summed E-state index contributed by atoms with van der Waals surface area (Å²) < 4.78 is 3.78. The van der Waals surface area contributed by atoms with Crippen LogP contribution in [0.15, 0.2) is 36.3 Å². The Bertz CT molecular complexity index is 1240. The molecule has 4 aromatic rings. The van der Waals surface area contributed by atoms with Crippen LogP contribution in [-0.2, 0) is 0 Å². The number of carbonyl (C=O) groups excluding carboxylic acids is 1. The van der Waals surface area contributed by atoms with Gasteiger partial charge in [-0.25, -0.2) is 15.0 Å². The van der Waals surface area contributed by atoms with E-state index >= 15 is 0 Å². The molecule has 1 aliphatic rings. The molecule has 0 spiro atoms. The molecule has 3 N–H and O–H groups in total. The third kappa shape index (κ3) is 2.34. The van der Waals surface area contributed by atoms with Crippen LogP contribution in [0.4, 0.5) is 5.82 Å². The van der Waals surface area contributed by atoms with Crippen LogP contribution in [0.1, 0.15) is 22.0 Å². The zero-order valence-electron chi connectivity index (χ0n) is 14.7. The van der Waals surface area contributed by atoms with Gasteiger partial charge in [-0.2, -0.15) is 0 Å². The highest BCUT2D eigenvalue weighted by Crippen LogP contribution is 2.30. The van der Waals surface area contributed by atoms with Gasteiger partial charge in [-0.05, 0) is 30.7 Å². The Labute approximate surface area is 154 Å². The molecule has 5 heterocycles. The van der Waals surface area contributed by atoms with E-state index in [1.165, 1.54) is 5.57 Å². The van der Waals surface area contributed by atoms with Crippen molar-refractivity contribution in [3.63, 3.8) is 0 Å². The number of rotatable bonds is 3. The second-order valence-electron chi connectivity index (χ2n) is 6.61. The first-order chi connectivity index (χ1) is 13.2. The number of imidazole rings is 2. The molecule has 1 aliphatic heterocycles. The van der Waals surface area contributed by atoms with Gasteiger partial charge >= 0.3 is 0 Å². The number of anilines is 1. The van der Waals surface area contributed by atoms with Gasteiger partial charge in [0.2, 0.25) is 0 Å². The molecule has 8 nitrogen and oxygen atoms in total. The van der Waals surface area contributed by atoms with Gasteiger partial charge in [0, 0.05) is 24.8 Å². The molecule has 8 heteroatoms. The Morgan fingerprint density at radius 1 is 1.22 bits per heavy atom. The van der Waals surface area contributed by atoms with E-state index in [1.807, 2.05) is 29.7 Å². The molecule has 134 valence electrons. The van der Waals surface area contributed by atoms with Gasteiger partial charge in [0.1, 0.15) is 34.2 Å². The van der Waals surface area contributed by atoms with Crippen LogP contribution < -0.4 is 11.1 Å². The lowest BCUT2D eigenvalue weighted by atomic mass is 10.1. The number of aldehydes is 1. The summed E-state index contributed by atoms with van der Waals surface area (Å²) in [6.07, 6.45) is 8.06. The van der Waals surface area contributed by atoms with Crippen LogP contribution in [0, 0.1) is 6.92 Å². The zero-order valence-corrected chi connectivity index (χ0v) is 14.7. The fourth-order valence-corrected chi connectivity index (χ4v) is 3.46. The van der Waals surface area contributed by atoms with E-state index in [0.717, 1.165) is 47.7 Å². The number of hydrogen-bond donors (Lipinski definition) is 2. The zero-order chi connectivity index (χ0) is 18.5. The second-order valence-corrected chi connectivity index (χ2v) is 6.61. The number of nitrogens with one attached hydrogen (secondary N) is 1. The predicted molar refractivity (Wildman–Crippen MR) is 103 cm³/mol. The first-order valence-corrected chi connectivity index (χ1v) is 8.62. The highest BCUT2D eigenvalue weighted by atomic mass is 16.1. The van der Waals surface area contributed by atoms with Crippen LogP contribution in [0.25, 0.3) is 28.5 Å². The number of nitrogen functional groups attached to an aromatic ring is 1. The number of nitrogens with two attached hydrogens (primary N) is 1. The lowest BCUT2D eigenvalue weighted by molar-refractivity contribution is 0.111. The van der Waals surface area contributed by atoms with Crippen LogP contribution in [0.5, 0.6) is 0 Å². The first kappa shape index (κ1) is 15.7. The largest absolute Gasteiger partial charge is 0.382 e.